The van der Waals surface area contributed by atoms with E-state index in [4.69, 9.17) is 4.74 Å². The molecule has 0 fully saturated rings. The Labute approximate surface area is 116 Å². The van der Waals surface area contributed by atoms with Crippen LogP contribution in [0.3, 0.4) is 0 Å². The van der Waals surface area contributed by atoms with Crippen LogP contribution in [0.4, 0.5) is 14.9 Å². The number of urea groups is 1. The molecule has 1 aromatic carbocycles. The summed E-state index contributed by atoms with van der Waals surface area (Å²) in [6, 6.07) is 3.15. The number of methoxy groups -OCH3 is 1. The van der Waals surface area contributed by atoms with Crippen molar-refractivity contribution in [1.29, 1.82) is 0 Å². The third kappa shape index (κ3) is 4.51. The number of nitrogens with one attached hydrogen (secondary N) is 3. The summed E-state index contributed by atoms with van der Waals surface area (Å²) < 4.78 is 18.3. The maximum atomic E-state index is 13.4. The second-order valence-electron chi connectivity index (χ2n) is 4.23. The van der Waals surface area contributed by atoms with Gasteiger partial charge in [0.1, 0.15) is 5.82 Å². The normalized spacial score (nSPS) is 11.6. The van der Waals surface area contributed by atoms with E-state index in [2.05, 4.69) is 16.0 Å². The van der Waals surface area contributed by atoms with E-state index in [1.54, 1.807) is 6.92 Å². The minimum atomic E-state index is -0.650. The summed E-state index contributed by atoms with van der Waals surface area (Å²) in [6.07, 6.45) is 0. The summed E-state index contributed by atoms with van der Waals surface area (Å²) in [7, 11) is 2.94. The molecule has 1 atom stereocenters. The fourth-order valence-corrected chi connectivity index (χ4v) is 1.59. The Balaban J connectivity index is 2.73. The molecule has 0 spiro atoms. The highest BCUT2D eigenvalue weighted by atomic mass is 19.1. The van der Waals surface area contributed by atoms with Crippen LogP contribution in [0.2, 0.25) is 0 Å². The predicted molar refractivity (Wildman–Crippen MR) is 73.3 cm³/mol. The van der Waals surface area contributed by atoms with Gasteiger partial charge in [-0.15, -0.1) is 0 Å². The maximum Gasteiger partial charge on any atom is 0.319 e. The molecule has 6 nitrogen and oxygen atoms in total. The monoisotopic (exact) mass is 283 g/mol. The highest BCUT2D eigenvalue weighted by Crippen LogP contribution is 2.14. The molecule has 1 rings (SSSR count). The number of anilines is 1. The van der Waals surface area contributed by atoms with Crippen LogP contribution in [0.5, 0.6) is 0 Å². The van der Waals surface area contributed by atoms with Gasteiger partial charge in [-0.2, -0.15) is 0 Å². The van der Waals surface area contributed by atoms with E-state index in [9.17, 15) is 14.0 Å². The fourth-order valence-electron chi connectivity index (χ4n) is 1.59. The number of carbonyl (C=O) groups excluding carboxylic acids is 2. The molecule has 110 valence electrons. The molecular formula is C13H18FN3O3. The first kappa shape index (κ1) is 15.9. The largest absolute Gasteiger partial charge is 0.383 e. The zero-order valence-corrected chi connectivity index (χ0v) is 11.6. The Bertz CT molecular complexity index is 494. The highest BCUT2D eigenvalue weighted by Gasteiger charge is 2.12. The van der Waals surface area contributed by atoms with Crippen LogP contribution < -0.4 is 16.0 Å². The Morgan fingerprint density at radius 3 is 2.70 bits per heavy atom. The van der Waals surface area contributed by atoms with Gasteiger partial charge in [-0.3, -0.25) is 4.79 Å². The van der Waals surface area contributed by atoms with Gasteiger partial charge in [0.25, 0.3) is 5.91 Å². The lowest BCUT2D eigenvalue weighted by Crippen LogP contribution is -2.38. The van der Waals surface area contributed by atoms with Gasteiger partial charge in [-0.05, 0) is 25.1 Å². The number of halogens is 1. The van der Waals surface area contributed by atoms with Crippen molar-refractivity contribution in [3.05, 3.63) is 29.6 Å². The zero-order valence-electron chi connectivity index (χ0n) is 11.6. The van der Waals surface area contributed by atoms with Crippen LogP contribution in [0.15, 0.2) is 18.2 Å². The summed E-state index contributed by atoms with van der Waals surface area (Å²) >= 11 is 0. The van der Waals surface area contributed by atoms with E-state index in [0.717, 1.165) is 6.07 Å². The van der Waals surface area contributed by atoms with Gasteiger partial charge in [0.15, 0.2) is 0 Å². The summed E-state index contributed by atoms with van der Waals surface area (Å²) in [5, 5.41) is 7.49. The summed E-state index contributed by atoms with van der Waals surface area (Å²) in [6.45, 7) is 2.16. The molecule has 0 heterocycles. The van der Waals surface area contributed by atoms with Gasteiger partial charge >= 0.3 is 6.03 Å². The Morgan fingerprint density at radius 2 is 2.10 bits per heavy atom. The van der Waals surface area contributed by atoms with Crippen LogP contribution >= 0.6 is 0 Å². The van der Waals surface area contributed by atoms with Crippen molar-refractivity contribution in [3.63, 3.8) is 0 Å². The van der Waals surface area contributed by atoms with Gasteiger partial charge in [-0.1, -0.05) is 0 Å². The van der Waals surface area contributed by atoms with Crippen molar-refractivity contribution in [2.24, 2.45) is 0 Å². The lowest BCUT2D eigenvalue weighted by molar-refractivity contribution is 0.0959. The molecular weight excluding hydrogens is 265 g/mol. The van der Waals surface area contributed by atoms with E-state index in [1.165, 1.54) is 26.3 Å². The number of ether oxygens (including phenoxy) is 1. The zero-order chi connectivity index (χ0) is 15.1. The van der Waals surface area contributed by atoms with Crippen LogP contribution in [0.25, 0.3) is 0 Å². The molecule has 0 saturated carbocycles. The average molecular weight is 283 g/mol. The molecule has 0 radical (unpaired) electrons. The minimum Gasteiger partial charge on any atom is -0.383 e. The first-order chi connectivity index (χ1) is 9.47. The molecule has 0 aromatic heterocycles. The van der Waals surface area contributed by atoms with Crippen LogP contribution in [0.1, 0.15) is 17.3 Å². The number of hydrogen-bond donors (Lipinski definition) is 3. The van der Waals surface area contributed by atoms with Crippen molar-refractivity contribution >= 4 is 17.6 Å². The topological polar surface area (TPSA) is 79.5 Å². The summed E-state index contributed by atoms with van der Waals surface area (Å²) in [5.41, 5.74) is 0.197. The average Bonchev–Trinajstić information content (AvgIpc) is 2.40. The molecule has 1 aromatic rings. The molecule has 7 heteroatoms. The van der Waals surface area contributed by atoms with Crippen molar-refractivity contribution in [2.75, 3.05) is 26.1 Å². The van der Waals surface area contributed by atoms with E-state index in [1.807, 2.05) is 0 Å². The lowest BCUT2D eigenvalue weighted by atomic mass is 10.1. The molecule has 3 amide bonds. The van der Waals surface area contributed by atoms with Gasteiger partial charge in [0.2, 0.25) is 0 Å². The number of benzene rings is 1. The molecule has 3 N–H and O–H groups in total. The molecule has 0 unspecified atom stereocenters. The number of rotatable bonds is 5. The Kier molecular flexibility index (Phi) is 5.92. The molecule has 20 heavy (non-hydrogen) atoms. The van der Waals surface area contributed by atoms with Crippen LogP contribution in [0, 0.1) is 5.82 Å². The second kappa shape index (κ2) is 7.44. The Morgan fingerprint density at radius 1 is 1.40 bits per heavy atom. The molecule has 0 aliphatic carbocycles. The summed E-state index contributed by atoms with van der Waals surface area (Å²) in [5.74, 6) is -1.21. The van der Waals surface area contributed by atoms with Gasteiger partial charge in [0.05, 0.1) is 18.2 Å². The van der Waals surface area contributed by atoms with Crippen molar-refractivity contribution in [1.82, 2.24) is 10.6 Å². The smallest absolute Gasteiger partial charge is 0.319 e. The third-order valence-corrected chi connectivity index (χ3v) is 2.49. The van der Waals surface area contributed by atoms with Crippen LogP contribution in [-0.4, -0.2) is 38.7 Å². The fraction of sp³-hybridized carbons (Fsp3) is 0.385. The van der Waals surface area contributed by atoms with Crippen molar-refractivity contribution < 1.29 is 18.7 Å². The van der Waals surface area contributed by atoms with Crippen molar-refractivity contribution in [3.8, 4) is 0 Å². The number of hydrogen-bond acceptors (Lipinski definition) is 3. The first-order valence-corrected chi connectivity index (χ1v) is 6.06. The van der Waals surface area contributed by atoms with Gasteiger partial charge in [0, 0.05) is 19.8 Å². The third-order valence-electron chi connectivity index (χ3n) is 2.49. The van der Waals surface area contributed by atoms with E-state index in [0.29, 0.717) is 12.3 Å². The van der Waals surface area contributed by atoms with Gasteiger partial charge < -0.3 is 20.7 Å². The second-order valence-corrected chi connectivity index (χ2v) is 4.23. The predicted octanol–water partition coefficient (Wildman–Crippen LogP) is 1.34. The van der Waals surface area contributed by atoms with E-state index >= 15 is 0 Å². The SMILES string of the molecule is CNC(=O)c1cc(NC(=O)N[C@@H](C)COC)ccc1F. The summed E-state index contributed by atoms with van der Waals surface area (Å²) in [4.78, 5) is 23.1. The number of carbonyl (C=O) groups is 2. The van der Waals surface area contributed by atoms with E-state index < -0.39 is 17.8 Å². The molecule has 0 aliphatic rings. The maximum absolute atomic E-state index is 13.4. The van der Waals surface area contributed by atoms with E-state index in [-0.39, 0.29) is 11.6 Å². The van der Waals surface area contributed by atoms with Crippen molar-refractivity contribution in [2.45, 2.75) is 13.0 Å². The quantitative estimate of drug-likeness (QED) is 0.763. The minimum absolute atomic E-state index is 0.129. The first-order valence-electron chi connectivity index (χ1n) is 6.06. The standard InChI is InChI=1S/C13H18FN3O3/c1-8(7-20-3)16-13(19)17-9-4-5-11(14)10(6-9)12(18)15-2/h4-6,8H,7H2,1-3H3,(H,15,18)(H2,16,17,19)/t8-/m0/s1. The highest BCUT2D eigenvalue weighted by molar-refractivity contribution is 5.97. The lowest BCUT2D eigenvalue weighted by Gasteiger charge is -2.14. The number of amides is 3. The van der Waals surface area contributed by atoms with Crippen LogP contribution in [-0.2, 0) is 4.74 Å². The molecule has 0 aliphatic heterocycles. The molecule has 0 saturated heterocycles. The molecule has 0 bridgehead atoms. The Hall–Kier alpha value is -2.15. The van der Waals surface area contributed by atoms with Gasteiger partial charge in [-0.25, -0.2) is 9.18 Å².